The number of allylic oxidation sites excluding steroid dienone is 10. The lowest BCUT2D eigenvalue weighted by Crippen LogP contribution is -2.33. The fraction of sp³-hybridized carbons (Fsp3) is 0.600. The van der Waals surface area contributed by atoms with E-state index >= 15 is 0 Å². The fourth-order valence-corrected chi connectivity index (χ4v) is 3.79. The number of carbonyl (C=O) groups excluding carboxylic acids is 2. The molecule has 0 aromatic rings. The van der Waals surface area contributed by atoms with Crippen molar-refractivity contribution in [1.82, 2.24) is 0 Å². The first-order valence-corrected chi connectivity index (χ1v) is 14.9. The monoisotopic (exact) mass is 555 g/mol. The highest BCUT2D eigenvalue weighted by molar-refractivity contribution is 5.77. The Kier molecular flexibility index (Phi) is 21.5. The van der Waals surface area contributed by atoms with Crippen molar-refractivity contribution in [3.8, 4) is 0 Å². The molecule has 5 heteroatoms. The molecule has 0 rings (SSSR count). The highest BCUT2D eigenvalue weighted by atomic mass is 16.5. The molecule has 1 unspecified atom stereocenters. The lowest BCUT2D eigenvalue weighted by atomic mass is 10.1. The van der Waals surface area contributed by atoms with Crippen LogP contribution >= 0.6 is 0 Å². The van der Waals surface area contributed by atoms with Gasteiger partial charge >= 0.3 is 11.9 Å². The third-order valence-corrected chi connectivity index (χ3v) is 6.54. The Labute approximate surface area is 245 Å². The van der Waals surface area contributed by atoms with E-state index in [1.807, 2.05) is 26.0 Å². The van der Waals surface area contributed by atoms with E-state index in [1.165, 1.54) is 33.4 Å². The molecule has 5 nitrogen and oxygen atoms in total. The van der Waals surface area contributed by atoms with E-state index in [4.69, 9.17) is 15.2 Å². The number of nitrogens with two attached hydrogens (primary N) is 1. The van der Waals surface area contributed by atoms with Gasteiger partial charge in [0.05, 0.1) is 0 Å². The third kappa shape index (κ3) is 23.2. The molecule has 0 amide bonds. The molecule has 2 N–H and O–H groups in total. The van der Waals surface area contributed by atoms with Crippen LogP contribution in [0.25, 0.3) is 0 Å². The molecule has 226 valence electrons. The van der Waals surface area contributed by atoms with Crippen LogP contribution < -0.4 is 5.73 Å². The molecule has 0 aliphatic carbocycles. The van der Waals surface area contributed by atoms with Gasteiger partial charge in [0.15, 0.2) is 0 Å². The molecule has 0 aromatic carbocycles. The largest absolute Gasteiger partial charge is 0.461 e. The Morgan fingerprint density at radius 3 is 1.35 bits per heavy atom. The van der Waals surface area contributed by atoms with Gasteiger partial charge in [-0.2, -0.15) is 0 Å². The standard InChI is InChI=1S/C35H57NO4/c1-27(2)13-9-15-29(5)17-11-19-31(7)23-25-39-34(37)22-21-33(36)35(38)40-26-24-32(8)20-12-18-30(6)16-10-14-28(3)4/h13-14,17-18,23-24,33H,9-12,15-16,19-22,25-26,36H2,1-8H3/b29-17+,30-18+,31-23+,32-24+. The molecule has 0 aliphatic heterocycles. The average molecular weight is 556 g/mol. The summed E-state index contributed by atoms with van der Waals surface area (Å²) in [6.45, 7) is 17.4. The molecule has 0 spiro atoms. The minimum Gasteiger partial charge on any atom is -0.461 e. The molecular formula is C35H57NO4. The van der Waals surface area contributed by atoms with Gasteiger partial charge in [-0.05, 0) is 125 Å². The smallest absolute Gasteiger partial charge is 0.323 e. The molecule has 40 heavy (non-hydrogen) atoms. The Morgan fingerprint density at radius 2 is 0.925 bits per heavy atom. The van der Waals surface area contributed by atoms with Crippen molar-refractivity contribution >= 4 is 11.9 Å². The van der Waals surface area contributed by atoms with Crippen molar-refractivity contribution in [2.24, 2.45) is 5.73 Å². The predicted molar refractivity (Wildman–Crippen MR) is 170 cm³/mol. The van der Waals surface area contributed by atoms with Gasteiger partial charge in [0.2, 0.25) is 0 Å². The Balaban J connectivity index is 4.15. The lowest BCUT2D eigenvalue weighted by molar-refractivity contribution is -0.145. The summed E-state index contributed by atoms with van der Waals surface area (Å²) in [4.78, 5) is 24.2. The lowest BCUT2D eigenvalue weighted by Gasteiger charge is -2.10. The van der Waals surface area contributed by atoms with E-state index < -0.39 is 12.0 Å². The molecule has 0 fully saturated rings. The van der Waals surface area contributed by atoms with Gasteiger partial charge in [-0.3, -0.25) is 9.59 Å². The second-order valence-electron chi connectivity index (χ2n) is 11.4. The van der Waals surface area contributed by atoms with Crippen molar-refractivity contribution in [1.29, 1.82) is 0 Å². The third-order valence-electron chi connectivity index (χ3n) is 6.54. The maximum atomic E-state index is 12.2. The highest BCUT2D eigenvalue weighted by Crippen LogP contribution is 2.13. The summed E-state index contributed by atoms with van der Waals surface area (Å²) in [7, 11) is 0. The van der Waals surface area contributed by atoms with Gasteiger partial charge in [-0.15, -0.1) is 0 Å². The summed E-state index contributed by atoms with van der Waals surface area (Å²) < 4.78 is 10.6. The second-order valence-corrected chi connectivity index (χ2v) is 11.4. The van der Waals surface area contributed by atoms with Crippen molar-refractivity contribution < 1.29 is 19.1 Å². The van der Waals surface area contributed by atoms with Crippen molar-refractivity contribution in [2.45, 2.75) is 126 Å². The van der Waals surface area contributed by atoms with Crippen molar-refractivity contribution in [3.63, 3.8) is 0 Å². The maximum absolute atomic E-state index is 12.2. The predicted octanol–water partition coefficient (Wildman–Crippen LogP) is 9.02. The molecule has 0 aromatic heterocycles. The number of esters is 2. The molecule has 0 saturated heterocycles. The minimum absolute atomic E-state index is 0.0882. The quantitative estimate of drug-likeness (QED) is 0.120. The van der Waals surface area contributed by atoms with Gasteiger partial charge in [0.1, 0.15) is 19.3 Å². The van der Waals surface area contributed by atoms with E-state index in [0.29, 0.717) is 0 Å². The van der Waals surface area contributed by atoms with Crippen molar-refractivity contribution in [2.75, 3.05) is 13.2 Å². The van der Waals surface area contributed by atoms with Crippen LogP contribution in [-0.2, 0) is 19.1 Å². The summed E-state index contributed by atoms with van der Waals surface area (Å²) in [6, 6.07) is -0.836. The van der Waals surface area contributed by atoms with Gasteiger partial charge in [0, 0.05) is 6.42 Å². The van der Waals surface area contributed by atoms with Gasteiger partial charge in [-0.1, -0.05) is 57.7 Å². The Morgan fingerprint density at radius 1 is 0.550 bits per heavy atom. The highest BCUT2D eigenvalue weighted by Gasteiger charge is 2.16. The first-order chi connectivity index (χ1) is 18.9. The van der Waals surface area contributed by atoms with Crippen molar-refractivity contribution in [3.05, 3.63) is 69.9 Å². The van der Waals surface area contributed by atoms with E-state index in [9.17, 15) is 9.59 Å². The van der Waals surface area contributed by atoms with Crippen LogP contribution in [0.15, 0.2) is 69.9 Å². The van der Waals surface area contributed by atoms with E-state index in [-0.39, 0.29) is 32.0 Å². The zero-order valence-corrected chi connectivity index (χ0v) is 26.7. The van der Waals surface area contributed by atoms with Crippen LogP contribution in [-0.4, -0.2) is 31.2 Å². The molecular weight excluding hydrogens is 498 g/mol. The SMILES string of the molecule is CC(C)=CCC/C(C)=C/CC/C(C)=C/COC(=O)CCC(N)C(=O)OC/C=C(\C)CC/C=C(\C)CCC=C(C)C. The number of ether oxygens (including phenoxy) is 2. The summed E-state index contributed by atoms with van der Waals surface area (Å²) in [5.74, 6) is -0.853. The molecule has 0 saturated carbocycles. The zero-order valence-electron chi connectivity index (χ0n) is 26.7. The van der Waals surface area contributed by atoms with Gasteiger partial charge in [-0.25, -0.2) is 0 Å². The summed E-state index contributed by atoms with van der Waals surface area (Å²) in [5, 5.41) is 0. The van der Waals surface area contributed by atoms with Crippen LogP contribution in [0, 0.1) is 0 Å². The Bertz CT molecular complexity index is 938. The topological polar surface area (TPSA) is 78.6 Å². The molecule has 1 atom stereocenters. The van der Waals surface area contributed by atoms with Gasteiger partial charge < -0.3 is 15.2 Å². The molecule has 0 bridgehead atoms. The molecule has 0 heterocycles. The minimum atomic E-state index is -0.836. The summed E-state index contributed by atoms with van der Waals surface area (Å²) >= 11 is 0. The fourth-order valence-electron chi connectivity index (χ4n) is 3.79. The maximum Gasteiger partial charge on any atom is 0.323 e. The number of carbonyl (C=O) groups is 2. The van der Waals surface area contributed by atoms with Crippen LogP contribution in [0.5, 0.6) is 0 Å². The van der Waals surface area contributed by atoms with Crippen LogP contribution in [0.3, 0.4) is 0 Å². The van der Waals surface area contributed by atoms with Crippen LogP contribution in [0.2, 0.25) is 0 Å². The van der Waals surface area contributed by atoms with Crippen LogP contribution in [0.4, 0.5) is 0 Å². The van der Waals surface area contributed by atoms with Gasteiger partial charge in [0.25, 0.3) is 0 Å². The first-order valence-electron chi connectivity index (χ1n) is 14.9. The van der Waals surface area contributed by atoms with E-state index in [2.05, 4.69) is 65.8 Å². The van der Waals surface area contributed by atoms with E-state index in [1.54, 1.807) is 0 Å². The first kappa shape index (κ1) is 37.3. The average Bonchev–Trinajstić information content (AvgIpc) is 2.86. The zero-order chi connectivity index (χ0) is 30.3. The Hall–Kier alpha value is -2.66. The molecule has 0 aliphatic rings. The number of hydrogen-bond acceptors (Lipinski definition) is 5. The molecule has 0 radical (unpaired) electrons. The second kappa shape index (κ2) is 23.1. The van der Waals surface area contributed by atoms with E-state index in [0.717, 1.165) is 51.4 Å². The number of rotatable bonds is 20. The number of hydrogen-bond donors (Lipinski definition) is 1. The summed E-state index contributed by atoms with van der Waals surface area (Å²) in [5.41, 5.74) is 13.8. The summed E-state index contributed by atoms with van der Waals surface area (Å²) in [6.07, 6.45) is 21.4. The van der Waals surface area contributed by atoms with Crippen LogP contribution in [0.1, 0.15) is 120 Å². The normalized spacial score (nSPS) is 13.5.